The second-order valence-electron chi connectivity index (χ2n) is 4.92. The van der Waals surface area contributed by atoms with Crippen molar-refractivity contribution < 1.29 is 4.79 Å². The summed E-state index contributed by atoms with van der Waals surface area (Å²) in [7, 11) is 1.82. The van der Waals surface area contributed by atoms with Crippen molar-refractivity contribution in [3.63, 3.8) is 0 Å². The number of anilines is 1. The molecule has 0 spiro atoms. The van der Waals surface area contributed by atoms with Gasteiger partial charge in [-0.25, -0.2) is 0 Å². The number of hydrogen-bond acceptors (Lipinski definition) is 2. The van der Waals surface area contributed by atoms with E-state index in [-0.39, 0.29) is 5.91 Å². The van der Waals surface area contributed by atoms with Crippen LogP contribution in [0.25, 0.3) is 0 Å². The zero-order chi connectivity index (χ0) is 13.5. The van der Waals surface area contributed by atoms with Crippen molar-refractivity contribution in [1.29, 1.82) is 0 Å². The van der Waals surface area contributed by atoms with Gasteiger partial charge in [-0.05, 0) is 30.5 Å². The van der Waals surface area contributed by atoms with Crippen LogP contribution < -0.4 is 5.32 Å². The summed E-state index contributed by atoms with van der Waals surface area (Å²) >= 11 is 6.00. The maximum Gasteiger partial charge on any atom is 0.236 e. The molecule has 1 aromatic carbocycles. The molecule has 1 heterocycles. The summed E-state index contributed by atoms with van der Waals surface area (Å²) in [6.45, 7) is 0. The van der Waals surface area contributed by atoms with E-state index in [4.69, 9.17) is 11.6 Å². The van der Waals surface area contributed by atoms with Crippen molar-refractivity contribution in [3.8, 4) is 0 Å². The Labute approximate surface area is 116 Å². The van der Waals surface area contributed by atoms with Crippen LogP contribution in [0, 0.1) is 0 Å². The molecule has 0 unspecified atom stereocenters. The first kappa shape index (κ1) is 12.2. The Hall–Kier alpha value is -1.81. The molecule has 4 nitrogen and oxygen atoms in total. The minimum Gasteiger partial charge on any atom is -0.308 e. The second kappa shape index (κ2) is 4.38. The van der Waals surface area contributed by atoms with Crippen LogP contribution >= 0.6 is 11.6 Å². The van der Waals surface area contributed by atoms with Gasteiger partial charge in [0.1, 0.15) is 0 Å². The lowest BCUT2D eigenvalue weighted by Gasteiger charge is -2.14. The van der Waals surface area contributed by atoms with Gasteiger partial charge in [0, 0.05) is 24.3 Å². The number of aromatic nitrogens is 2. The maximum atomic E-state index is 12.4. The Morgan fingerprint density at radius 2 is 2.21 bits per heavy atom. The van der Waals surface area contributed by atoms with E-state index in [9.17, 15) is 4.79 Å². The lowest BCUT2D eigenvalue weighted by atomic mass is 9.95. The number of hydrogen-bond donors (Lipinski definition) is 1. The van der Waals surface area contributed by atoms with Gasteiger partial charge in [-0.2, -0.15) is 5.10 Å². The zero-order valence-electron chi connectivity index (χ0n) is 10.6. The molecule has 0 bridgehead atoms. The van der Waals surface area contributed by atoms with E-state index < -0.39 is 5.41 Å². The number of amides is 1. The molecule has 3 rings (SSSR count). The first-order valence-electron chi connectivity index (χ1n) is 6.17. The van der Waals surface area contributed by atoms with Gasteiger partial charge in [0.2, 0.25) is 5.91 Å². The second-order valence-corrected chi connectivity index (χ2v) is 5.36. The molecule has 1 fully saturated rings. The van der Waals surface area contributed by atoms with E-state index in [0.29, 0.717) is 10.8 Å². The molecule has 0 aliphatic heterocycles. The highest BCUT2D eigenvalue weighted by molar-refractivity contribution is 6.30. The van der Waals surface area contributed by atoms with Crippen LogP contribution in [0.1, 0.15) is 18.4 Å². The first-order valence-corrected chi connectivity index (χ1v) is 6.55. The fourth-order valence-electron chi connectivity index (χ4n) is 2.28. The highest BCUT2D eigenvalue weighted by atomic mass is 35.5. The summed E-state index contributed by atoms with van der Waals surface area (Å²) in [6.07, 6.45) is 3.51. The molecular formula is C14H14ClN3O. The summed E-state index contributed by atoms with van der Waals surface area (Å²) in [6, 6.07) is 9.30. The summed E-state index contributed by atoms with van der Waals surface area (Å²) in [5, 5.41) is 7.69. The molecule has 5 heteroatoms. The molecule has 0 radical (unpaired) electrons. The van der Waals surface area contributed by atoms with Gasteiger partial charge < -0.3 is 5.32 Å². The van der Waals surface area contributed by atoms with E-state index in [2.05, 4.69) is 10.4 Å². The average Bonchev–Trinajstić information content (AvgIpc) is 3.09. The van der Waals surface area contributed by atoms with Crippen LogP contribution in [0.4, 0.5) is 5.82 Å². The van der Waals surface area contributed by atoms with Crippen LogP contribution in [0.5, 0.6) is 0 Å². The minimum atomic E-state index is -0.428. The van der Waals surface area contributed by atoms with E-state index >= 15 is 0 Å². The van der Waals surface area contributed by atoms with Crippen molar-refractivity contribution >= 4 is 23.3 Å². The topological polar surface area (TPSA) is 46.9 Å². The summed E-state index contributed by atoms with van der Waals surface area (Å²) in [5.41, 5.74) is 0.552. The summed E-state index contributed by atoms with van der Waals surface area (Å²) < 4.78 is 1.66. The lowest BCUT2D eigenvalue weighted by molar-refractivity contribution is -0.118. The van der Waals surface area contributed by atoms with Crippen LogP contribution in [-0.4, -0.2) is 15.7 Å². The van der Waals surface area contributed by atoms with Crippen LogP contribution in [0.2, 0.25) is 5.02 Å². The molecule has 1 saturated carbocycles. The van der Waals surface area contributed by atoms with Crippen molar-refractivity contribution in [2.45, 2.75) is 18.3 Å². The third kappa shape index (κ3) is 2.24. The standard InChI is InChI=1S/C14H14ClN3O/c1-18-8-5-12(17-18)16-13(19)14(6-7-14)10-3-2-4-11(15)9-10/h2-5,8-9H,6-7H2,1H3,(H,16,17,19). The third-order valence-electron chi connectivity index (χ3n) is 3.52. The molecule has 1 aromatic heterocycles. The first-order chi connectivity index (χ1) is 9.10. The molecule has 1 amide bonds. The Morgan fingerprint density at radius 3 is 2.79 bits per heavy atom. The predicted molar refractivity (Wildman–Crippen MR) is 74.2 cm³/mol. The highest BCUT2D eigenvalue weighted by Crippen LogP contribution is 2.49. The van der Waals surface area contributed by atoms with Gasteiger partial charge in [-0.3, -0.25) is 9.48 Å². The van der Waals surface area contributed by atoms with Crippen molar-refractivity contribution in [3.05, 3.63) is 47.1 Å². The number of carbonyl (C=O) groups is 1. The fourth-order valence-corrected chi connectivity index (χ4v) is 2.47. The average molecular weight is 276 g/mol. The number of carbonyl (C=O) groups excluding carboxylic acids is 1. The summed E-state index contributed by atoms with van der Waals surface area (Å²) in [4.78, 5) is 12.4. The quantitative estimate of drug-likeness (QED) is 0.936. The molecule has 1 aliphatic rings. The Kier molecular flexibility index (Phi) is 2.82. The number of nitrogens with one attached hydrogen (secondary N) is 1. The lowest BCUT2D eigenvalue weighted by Crippen LogP contribution is -2.28. The molecule has 19 heavy (non-hydrogen) atoms. The smallest absolute Gasteiger partial charge is 0.236 e. The molecule has 1 N–H and O–H groups in total. The van der Waals surface area contributed by atoms with E-state index in [0.717, 1.165) is 18.4 Å². The molecule has 2 aromatic rings. The van der Waals surface area contributed by atoms with Gasteiger partial charge in [0.05, 0.1) is 5.41 Å². The number of nitrogens with zero attached hydrogens (tertiary/aromatic N) is 2. The van der Waals surface area contributed by atoms with E-state index in [1.807, 2.05) is 31.3 Å². The summed E-state index contributed by atoms with van der Waals surface area (Å²) in [5.74, 6) is 0.578. The van der Waals surface area contributed by atoms with Gasteiger partial charge in [0.25, 0.3) is 0 Å². The normalized spacial score (nSPS) is 16.1. The predicted octanol–water partition coefficient (Wildman–Crippen LogP) is 2.74. The van der Waals surface area contributed by atoms with E-state index in [1.54, 1.807) is 16.9 Å². The van der Waals surface area contributed by atoms with Crippen LogP contribution in [0.3, 0.4) is 0 Å². The molecule has 0 saturated heterocycles. The van der Waals surface area contributed by atoms with Crippen LogP contribution in [-0.2, 0) is 17.3 Å². The van der Waals surface area contributed by atoms with Gasteiger partial charge in [-0.1, -0.05) is 23.7 Å². The number of rotatable bonds is 3. The zero-order valence-corrected chi connectivity index (χ0v) is 11.3. The maximum absolute atomic E-state index is 12.4. The number of halogens is 1. The fraction of sp³-hybridized carbons (Fsp3) is 0.286. The van der Waals surface area contributed by atoms with Crippen molar-refractivity contribution in [2.24, 2.45) is 7.05 Å². The number of benzene rings is 1. The number of aryl methyl sites for hydroxylation is 1. The van der Waals surface area contributed by atoms with Gasteiger partial charge in [0.15, 0.2) is 5.82 Å². The third-order valence-corrected chi connectivity index (χ3v) is 3.75. The van der Waals surface area contributed by atoms with Gasteiger partial charge >= 0.3 is 0 Å². The molecule has 0 atom stereocenters. The SMILES string of the molecule is Cn1ccc(NC(=O)C2(c3cccc(Cl)c3)CC2)n1. The van der Waals surface area contributed by atoms with E-state index in [1.165, 1.54) is 0 Å². The Morgan fingerprint density at radius 1 is 1.42 bits per heavy atom. The Bertz CT molecular complexity index is 631. The molecular weight excluding hydrogens is 262 g/mol. The largest absolute Gasteiger partial charge is 0.308 e. The minimum absolute atomic E-state index is 0.00605. The van der Waals surface area contributed by atoms with Crippen molar-refractivity contribution in [1.82, 2.24) is 9.78 Å². The van der Waals surface area contributed by atoms with Gasteiger partial charge in [-0.15, -0.1) is 0 Å². The molecule has 1 aliphatic carbocycles. The Balaban J connectivity index is 1.83. The molecule has 98 valence electrons. The van der Waals surface area contributed by atoms with Crippen LogP contribution in [0.15, 0.2) is 36.5 Å². The highest BCUT2D eigenvalue weighted by Gasteiger charge is 2.51. The van der Waals surface area contributed by atoms with Crippen molar-refractivity contribution in [2.75, 3.05) is 5.32 Å². The monoisotopic (exact) mass is 275 g/mol.